The first-order valence-electron chi connectivity index (χ1n) is 9.59. The minimum absolute atomic E-state index is 0.00436. The number of nitrogens with one attached hydrogen (secondary N) is 2. The Balaban J connectivity index is 2.08. The van der Waals surface area contributed by atoms with Gasteiger partial charge in [-0.3, -0.25) is 9.59 Å². The number of anilines is 1. The number of hydrogen-bond acceptors (Lipinski definition) is 3. The van der Waals surface area contributed by atoms with Crippen LogP contribution in [0.25, 0.3) is 0 Å². The van der Waals surface area contributed by atoms with E-state index in [1.807, 2.05) is 20.8 Å². The van der Waals surface area contributed by atoms with Crippen LogP contribution in [-0.2, 0) is 4.79 Å². The van der Waals surface area contributed by atoms with Crippen molar-refractivity contribution in [3.63, 3.8) is 0 Å². The van der Waals surface area contributed by atoms with E-state index in [1.54, 1.807) is 35.0 Å². The monoisotopic (exact) mass is 374 g/mol. The van der Waals surface area contributed by atoms with Crippen LogP contribution in [0.1, 0.15) is 42.6 Å². The molecule has 1 unspecified atom stereocenters. The van der Waals surface area contributed by atoms with E-state index in [0.717, 1.165) is 18.4 Å². The number of carbonyl (C=O) groups excluding carboxylic acids is 3. The minimum atomic E-state index is -0.249. The molecule has 0 spiro atoms. The van der Waals surface area contributed by atoms with Crippen molar-refractivity contribution in [1.82, 2.24) is 15.1 Å². The second kappa shape index (κ2) is 9.39. The summed E-state index contributed by atoms with van der Waals surface area (Å²) in [5.74, 6) is -0.539. The van der Waals surface area contributed by atoms with Gasteiger partial charge >= 0.3 is 6.03 Å². The van der Waals surface area contributed by atoms with E-state index in [-0.39, 0.29) is 23.8 Å². The molecule has 1 aromatic rings. The molecule has 1 aliphatic heterocycles. The van der Waals surface area contributed by atoms with E-state index in [4.69, 9.17) is 0 Å². The van der Waals surface area contributed by atoms with E-state index < -0.39 is 0 Å². The first kappa shape index (κ1) is 20.7. The van der Waals surface area contributed by atoms with Gasteiger partial charge in [-0.1, -0.05) is 6.07 Å². The molecular formula is C20H30N4O3. The van der Waals surface area contributed by atoms with Crippen LogP contribution in [0.5, 0.6) is 0 Å². The highest BCUT2D eigenvalue weighted by Crippen LogP contribution is 2.23. The van der Waals surface area contributed by atoms with Crippen molar-refractivity contribution in [3.8, 4) is 0 Å². The Morgan fingerprint density at radius 3 is 2.56 bits per heavy atom. The van der Waals surface area contributed by atoms with E-state index in [1.165, 1.54) is 0 Å². The lowest BCUT2D eigenvalue weighted by Crippen LogP contribution is -2.49. The molecule has 7 heteroatoms. The number of urea groups is 1. The molecule has 0 saturated carbocycles. The molecular weight excluding hydrogens is 344 g/mol. The van der Waals surface area contributed by atoms with Crippen LogP contribution in [0.2, 0.25) is 0 Å². The highest BCUT2D eigenvalue weighted by Gasteiger charge is 2.30. The van der Waals surface area contributed by atoms with Crippen LogP contribution in [0.4, 0.5) is 10.5 Å². The van der Waals surface area contributed by atoms with E-state index in [9.17, 15) is 14.4 Å². The van der Waals surface area contributed by atoms with Crippen LogP contribution in [-0.4, -0.2) is 60.9 Å². The smallest absolute Gasteiger partial charge is 0.320 e. The Hall–Kier alpha value is -2.57. The van der Waals surface area contributed by atoms with Crippen molar-refractivity contribution in [2.75, 3.05) is 38.5 Å². The van der Waals surface area contributed by atoms with Crippen molar-refractivity contribution in [2.45, 2.75) is 33.6 Å². The lowest BCUT2D eigenvalue weighted by molar-refractivity contribution is -0.121. The molecule has 0 aromatic heterocycles. The maximum Gasteiger partial charge on any atom is 0.320 e. The van der Waals surface area contributed by atoms with Crippen molar-refractivity contribution in [1.29, 1.82) is 0 Å². The molecule has 27 heavy (non-hydrogen) atoms. The van der Waals surface area contributed by atoms with Gasteiger partial charge in [0.2, 0.25) is 5.91 Å². The van der Waals surface area contributed by atoms with Crippen LogP contribution in [0, 0.1) is 12.8 Å². The van der Waals surface area contributed by atoms with E-state index in [2.05, 4.69) is 10.6 Å². The third kappa shape index (κ3) is 4.78. The van der Waals surface area contributed by atoms with Gasteiger partial charge in [-0.05, 0) is 51.3 Å². The molecule has 1 fully saturated rings. The summed E-state index contributed by atoms with van der Waals surface area (Å²) in [4.78, 5) is 40.8. The first-order chi connectivity index (χ1) is 12.9. The normalized spacial score (nSPS) is 16.6. The lowest BCUT2D eigenvalue weighted by Gasteiger charge is -2.35. The Morgan fingerprint density at radius 1 is 1.22 bits per heavy atom. The summed E-state index contributed by atoms with van der Waals surface area (Å²) in [6.45, 7) is 8.16. The summed E-state index contributed by atoms with van der Waals surface area (Å²) < 4.78 is 0. The maximum absolute atomic E-state index is 12.8. The predicted molar refractivity (Wildman–Crippen MR) is 106 cm³/mol. The number of likely N-dealkylation sites (tertiary alicyclic amines) is 1. The van der Waals surface area contributed by atoms with Crippen LogP contribution in [0.3, 0.4) is 0 Å². The fraction of sp³-hybridized carbons (Fsp3) is 0.550. The SMILES string of the molecule is CCN(CC)C(=O)N1CCCC(C(=O)Nc2cccc(C(=O)NC)c2C)C1. The standard InChI is InChI=1S/C20H30N4O3/c1-5-23(6-2)20(27)24-12-8-9-15(13-24)18(25)22-17-11-7-10-16(14(17)3)19(26)21-4/h7,10-11,15H,5-6,8-9,12-13H2,1-4H3,(H,21,26)(H,22,25). The van der Waals surface area contributed by atoms with Gasteiger partial charge in [-0.2, -0.15) is 0 Å². The Kier molecular flexibility index (Phi) is 7.21. The number of benzene rings is 1. The topological polar surface area (TPSA) is 81.8 Å². The maximum atomic E-state index is 12.8. The molecule has 4 amide bonds. The highest BCUT2D eigenvalue weighted by atomic mass is 16.2. The Labute approximate surface area is 161 Å². The number of rotatable bonds is 5. The zero-order valence-corrected chi connectivity index (χ0v) is 16.7. The fourth-order valence-electron chi connectivity index (χ4n) is 3.45. The Morgan fingerprint density at radius 2 is 1.93 bits per heavy atom. The van der Waals surface area contributed by atoms with Gasteiger partial charge in [0, 0.05) is 44.5 Å². The summed E-state index contributed by atoms with van der Waals surface area (Å²) in [5, 5.41) is 5.55. The summed E-state index contributed by atoms with van der Waals surface area (Å²) >= 11 is 0. The second-order valence-corrected chi connectivity index (χ2v) is 6.79. The van der Waals surface area contributed by atoms with Crippen LogP contribution in [0.15, 0.2) is 18.2 Å². The zero-order chi connectivity index (χ0) is 20.0. The van der Waals surface area contributed by atoms with Gasteiger partial charge in [0.1, 0.15) is 0 Å². The first-order valence-corrected chi connectivity index (χ1v) is 9.59. The van der Waals surface area contributed by atoms with Gasteiger partial charge in [-0.15, -0.1) is 0 Å². The molecule has 2 rings (SSSR count). The van der Waals surface area contributed by atoms with Gasteiger partial charge in [0.15, 0.2) is 0 Å². The number of nitrogens with zero attached hydrogens (tertiary/aromatic N) is 2. The molecule has 2 N–H and O–H groups in total. The summed E-state index contributed by atoms with van der Waals surface area (Å²) in [6, 6.07) is 5.27. The average molecular weight is 374 g/mol. The number of hydrogen-bond donors (Lipinski definition) is 2. The van der Waals surface area contributed by atoms with Gasteiger partial charge in [-0.25, -0.2) is 4.79 Å². The molecule has 1 aliphatic rings. The summed E-state index contributed by atoms with van der Waals surface area (Å²) in [5.41, 5.74) is 1.91. The van der Waals surface area contributed by atoms with E-state index >= 15 is 0 Å². The van der Waals surface area contributed by atoms with Crippen molar-refractivity contribution < 1.29 is 14.4 Å². The summed E-state index contributed by atoms with van der Waals surface area (Å²) in [7, 11) is 1.58. The average Bonchev–Trinajstić information content (AvgIpc) is 2.69. The number of carbonyl (C=O) groups is 3. The quantitative estimate of drug-likeness (QED) is 0.831. The molecule has 1 heterocycles. The molecule has 0 aliphatic carbocycles. The fourth-order valence-corrected chi connectivity index (χ4v) is 3.45. The Bertz CT molecular complexity index is 700. The van der Waals surface area contributed by atoms with Crippen molar-refractivity contribution >= 4 is 23.5 Å². The molecule has 1 aromatic carbocycles. The third-order valence-electron chi connectivity index (χ3n) is 5.16. The van der Waals surface area contributed by atoms with Crippen molar-refractivity contribution in [2.24, 2.45) is 5.92 Å². The van der Waals surface area contributed by atoms with Crippen LogP contribution >= 0.6 is 0 Å². The highest BCUT2D eigenvalue weighted by molar-refractivity contribution is 5.99. The second-order valence-electron chi connectivity index (χ2n) is 6.79. The van der Waals surface area contributed by atoms with Gasteiger partial charge < -0.3 is 20.4 Å². The predicted octanol–water partition coefficient (Wildman–Crippen LogP) is 2.47. The molecule has 1 atom stereocenters. The van der Waals surface area contributed by atoms with E-state index in [0.29, 0.717) is 37.4 Å². The number of piperidine rings is 1. The third-order valence-corrected chi connectivity index (χ3v) is 5.16. The minimum Gasteiger partial charge on any atom is -0.355 e. The molecule has 7 nitrogen and oxygen atoms in total. The largest absolute Gasteiger partial charge is 0.355 e. The molecule has 1 saturated heterocycles. The molecule has 0 bridgehead atoms. The zero-order valence-electron chi connectivity index (χ0n) is 16.7. The van der Waals surface area contributed by atoms with Crippen LogP contribution < -0.4 is 10.6 Å². The van der Waals surface area contributed by atoms with Gasteiger partial charge in [0.05, 0.1) is 5.92 Å². The van der Waals surface area contributed by atoms with Crippen molar-refractivity contribution in [3.05, 3.63) is 29.3 Å². The number of amides is 4. The lowest BCUT2D eigenvalue weighted by atomic mass is 9.96. The molecule has 148 valence electrons. The molecule has 0 radical (unpaired) electrons. The summed E-state index contributed by atoms with van der Waals surface area (Å²) in [6.07, 6.45) is 1.56. The van der Waals surface area contributed by atoms with Gasteiger partial charge in [0.25, 0.3) is 5.91 Å².